The summed E-state index contributed by atoms with van der Waals surface area (Å²) in [5.41, 5.74) is -0.688. The molecule has 1 aromatic rings. The van der Waals surface area contributed by atoms with E-state index < -0.39 is 23.7 Å². The Labute approximate surface area is 105 Å². The van der Waals surface area contributed by atoms with Crippen molar-refractivity contribution >= 4 is 11.6 Å². The zero-order valence-electron chi connectivity index (χ0n) is 9.01. The highest BCUT2D eigenvalue weighted by molar-refractivity contribution is 6.31. The maximum atomic E-state index is 13.5. The summed E-state index contributed by atoms with van der Waals surface area (Å²) < 4.78 is 61.5. The van der Waals surface area contributed by atoms with Crippen LogP contribution in [0.3, 0.4) is 0 Å². The fourth-order valence-electron chi connectivity index (χ4n) is 1.47. The summed E-state index contributed by atoms with van der Waals surface area (Å²) in [5.74, 6) is -1.04. The number of benzene rings is 1. The standard InChI is InChI=1S/C11H9ClF4O2/c12-7-2-1-3-8(13)9(7)10(11(14,15)16)18-5-6-4-17-6/h1-3,6,10H,4-5H2/t6-,10-/m0/s1. The van der Waals surface area contributed by atoms with Gasteiger partial charge in [0, 0.05) is 10.6 Å². The second kappa shape index (κ2) is 5.03. The molecular formula is C11H9ClF4O2. The summed E-state index contributed by atoms with van der Waals surface area (Å²) in [5, 5.41) is -0.311. The lowest BCUT2D eigenvalue weighted by Crippen LogP contribution is -2.26. The van der Waals surface area contributed by atoms with Crippen molar-refractivity contribution in [1.29, 1.82) is 0 Å². The van der Waals surface area contributed by atoms with Crippen LogP contribution in [0.15, 0.2) is 18.2 Å². The molecule has 1 aromatic carbocycles. The summed E-state index contributed by atoms with van der Waals surface area (Å²) in [6.45, 7) is 0.115. The molecule has 18 heavy (non-hydrogen) atoms. The van der Waals surface area contributed by atoms with Crippen LogP contribution in [0.4, 0.5) is 17.6 Å². The molecule has 1 fully saturated rings. The lowest BCUT2D eigenvalue weighted by Gasteiger charge is -2.22. The van der Waals surface area contributed by atoms with Crippen molar-refractivity contribution in [1.82, 2.24) is 0 Å². The molecular weight excluding hydrogens is 276 g/mol. The minimum Gasteiger partial charge on any atom is -0.371 e. The Hall–Kier alpha value is -0.850. The molecule has 0 amide bonds. The number of hydrogen-bond donors (Lipinski definition) is 0. The van der Waals surface area contributed by atoms with Crippen LogP contribution >= 0.6 is 11.6 Å². The van der Waals surface area contributed by atoms with Crippen LogP contribution in [0.25, 0.3) is 0 Å². The van der Waals surface area contributed by atoms with Crippen molar-refractivity contribution in [2.45, 2.75) is 18.4 Å². The third-order valence-electron chi connectivity index (χ3n) is 2.41. The number of halogens is 5. The molecule has 0 unspecified atom stereocenters. The Balaban J connectivity index is 2.26. The van der Waals surface area contributed by atoms with Crippen LogP contribution < -0.4 is 0 Å². The van der Waals surface area contributed by atoms with Crippen molar-refractivity contribution in [3.63, 3.8) is 0 Å². The van der Waals surface area contributed by atoms with Gasteiger partial charge in [-0.1, -0.05) is 17.7 Å². The topological polar surface area (TPSA) is 21.8 Å². The van der Waals surface area contributed by atoms with Gasteiger partial charge in [0.2, 0.25) is 0 Å². The Bertz CT molecular complexity index is 411. The minimum atomic E-state index is -4.74. The Kier molecular flexibility index (Phi) is 3.79. The van der Waals surface area contributed by atoms with E-state index in [1.807, 2.05) is 0 Å². The van der Waals surface area contributed by atoms with Gasteiger partial charge in [0.1, 0.15) is 11.9 Å². The predicted octanol–water partition coefficient (Wildman–Crippen LogP) is 3.50. The van der Waals surface area contributed by atoms with Crippen LogP contribution in [-0.2, 0) is 9.47 Å². The fraction of sp³-hybridized carbons (Fsp3) is 0.455. The van der Waals surface area contributed by atoms with Crippen molar-refractivity contribution in [2.24, 2.45) is 0 Å². The second-order valence-corrected chi connectivity index (χ2v) is 4.25. The third kappa shape index (κ3) is 3.13. The lowest BCUT2D eigenvalue weighted by atomic mass is 10.1. The monoisotopic (exact) mass is 284 g/mol. The second-order valence-electron chi connectivity index (χ2n) is 3.85. The van der Waals surface area contributed by atoms with Gasteiger partial charge in [0.05, 0.1) is 13.2 Å². The smallest absolute Gasteiger partial charge is 0.371 e. The molecule has 0 N–H and O–H groups in total. The largest absolute Gasteiger partial charge is 0.419 e. The molecule has 7 heteroatoms. The molecule has 0 aliphatic carbocycles. The molecule has 0 aromatic heterocycles. The summed E-state index contributed by atoms with van der Waals surface area (Å²) in [6.07, 6.45) is -7.46. The van der Waals surface area contributed by atoms with Crippen LogP contribution in [-0.4, -0.2) is 25.5 Å². The van der Waals surface area contributed by atoms with Crippen molar-refractivity contribution in [3.05, 3.63) is 34.6 Å². The van der Waals surface area contributed by atoms with Crippen molar-refractivity contribution < 1.29 is 27.0 Å². The van der Waals surface area contributed by atoms with Crippen molar-refractivity contribution in [3.8, 4) is 0 Å². The van der Waals surface area contributed by atoms with Crippen LogP contribution in [0.1, 0.15) is 11.7 Å². The molecule has 0 saturated carbocycles. The summed E-state index contributed by atoms with van der Waals surface area (Å²) in [6, 6.07) is 3.34. The van der Waals surface area contributed by atoms with E-state index in [-0.39, 0.29) is 17.7 Å². The van der Waals surface area contributed by atoms with Gasteiger partial charge in [-0.2, -0.15) is 13.2 Å². The summed E-state index contributed by atoms with van der Waals surface area (Å²) >= 11 is 5.61. The first-order valence-electron chi connectivity index (χ1n) is 5.13. The third-order valence-corrected chi connectivity index (χ3v) is 2.74. The zero-order chi connectivity index (χ0) is 13.3. The first kappa shape index (κ1) is 13.6. The maximum absolute atomic E-state index is 13.5. The number of rotatable bonds is 4. The molecule has 2 rings (SSSR count). The molecule has 1 aliphatic heterocycles. The molecule has 2 atom stereocenters. The molecule has 0 spiro atoms. The zero-order valence-corrected chi connectivity index (χ0v) is 9.76. The van der Waals surface area contributed by atoms with Gasteiger partial charge < -0.3 is 9.47 Å². The predicted molar refractivity (Wildman–Crippen MR) is 55.9 cm³/mol. The Morgan fingerprint density at radius 3 is 2.61 bits per heavy atom. The maximum Gasteiger partial charge on any atom is 0.419 e. The van der Waals surface area contributed by atoms with Crippen LogP contribution in [0, 0.1) is 5.82 Å². The quantitative estimate of drug-likeness (QED) is 0.623. The minimum absolute atomic E-state index is 0.241. The molecule has 1 aliphatic rings. The van der Waals surface area contributed by atoms with E-state index in [0.29, 0.717) is 6.61 Å². The van der Waals surface area contributed by atoms with Gasteiger partial charge in [-0.25, -0.2) is 4.39 Å². The van der Waals surface area contributed by atoms with Gasteiger partial charge >= 0.3 is 6.18 Å². The van der Waals surface area contributed by atoms with Gasteiger partial charge in [0.25, 0.3) is 0 Å². The van der Waals surface area contributed by atoms with E-state index in [2.05, 4.69) is 0 Å². The molecule has 0 bridgehead atoms. The normalized spacial score (nSPS) is 20.8. The first-order valence-corrected chi connectivity index (χ1v) is 5.51. The van der Waals surface area contributed by atoms with Crippen LogP contribution in [0.5, 0.6) is 0 Å². The van der Waals surface area contributed by atoms with E-state index in [4.69, 9.17) is 21.1 Å². The number of hydrogen-bond acceptors (Lipinski definition) is 2. The molecule has 0 radical (unpaired) electrons. The lowest BCUT2D eigenvalue weighted by molar-refractivity contribution is -0.225. The summed E-state index contributed by atoms with van der Waals surface area (Å²) in [7, 11) is 0. The SMILES string of the molecule is Fc1cccc(Cl)c1[C@H](OC[C@@H]1CO1)C(F)(F)F. The average molecular weight is 285 g/mol. The van der Waals surface area contributed by atoms with E-state index in [1.54, 1.807) is 0 Å². The van der Waals surface area contributed by atoms with Crippen LogP contribution in [0.2, 0.25) is 5.02 Å². The molecule has 1 saturated heterocycles. The fourth-order valence-corrected chi connectivity index (χ4v) is 1.73. The summed E-state index contributed by atoms with van der Waals surface area (Å²) in [4.78, 5) is 0. The highest BCUT2D eigenvalue weighted by Crippen LogP contribution is 2.40. The Morgan fingerprint density at radius 1 is 1.44 bits per heavy atom. The van der Waals surface area contributed by atoms with E-state index in [1.165, 1.54) is 12.1 Å². The van der Waals surface area contributed by atoms with Gasteiger partial charge in [0.15, 0.2) is 6.10 Å². The highest BCUT2D eigenvalue weighted by atomic mass is 35.5. The average Bonchev–Trinajstić information content (AvgIpc) is 3.04. The van der Waals surface area contributed by atoms with Gasteiger partial charge in [-0.15, -0.1) is 0 Å². The van der Waals surface area contributed by atoms with E-state index >= 15 is 0 Å². The number of ether oxygens (including phenoxy) is 2. The highest BCUT2D eigenvalue weighted by Gasteiger charge is 2.45. The van der Waals surface area contributed by atoms with Gasteiger partial charge in [-0.3, -0.25) is 0 Å². The molecule has 2 nitrogen and oxygen atoms in total. The Morgan fingerprint density at radius 2 is 2.11 bits per heavy atom. The molecule has 1 heterocycles. The van der Waals surface area contributed by atoms with E-state index in [0.717, 1.165) is 6.07 Å². The van der Waals surface area contributed by atoms with Gasteiger partial charge in [-0.05, 0) is 12.1 Å². The molecule has 100 valence electrons. The number of alkyl halides is 3. The number of epoxide rings is 1. The van der Waals surface area contributed by atoms with Crippen molar-refractivity contribution in [2.75, 3.05) is 13.2 Å². The first-order chi connectivity index (χ1) is 8.39. The van der Waals surface area contributed by atoms with E-state index in [9.17, 15) is 17.6 Å².